The van der Waals surface area contributed by atoms with Gasteiger partial charge in [-0.25, -0.2) is 0 Å². The number of rotatable bonds is 0. The maximum absolute atomic E-state index is 4.25. The first-order valence-corrected chi connectivity index (χ1v) is 0.816. The normalized spacial score (nSPS) is 4.50. The minimum atomic E-state index is 0. The molecule has 0 radical (unpaired) electrons. The van der Waals surface area contributed by atoms with Crippen molar-refractivity contribution in [2.45, 2.75) is 0 Å². The van der Waals surface area contributed by atoms with Crippen molar-refractivity contribution >= 4 is 0 Å². The van der Waals surface area contributed by atoms with Crippen molar-refractivity contribution in [1.82, 2.24) is 0 Å². The van der Waals surface area contributed by atoms with Crippen LogP contribution < -0.4 is 0 Å². The van der Waals surface area contributed by atoms with Crippen molar-refractivity contribution in [2.75, 3.05) is 14.2 Å². The first kappa shape index (κ1) is 8.97. The fourth-order valence-corrected chi connectivity index (χ4v) is 0. The van der Waals surface area contributed by atoms with Crippen molar-refractivity contribution in [3.63, 3.8) is 0 Å². The largest absolute Gasteiger partial charge is 0.388 e. The molecule has 0 aliphatic heterocycles. The molecule has 28 valence electrons. The van der Waals surface area contributed by atoms with Gasteiger partial charge in [0.25, 0.3) is 0 Å². The Morgan fingerprint density at radius 1 is 1.25 bits per heavy atom. The number of hydrogen-bond acceptors (Lipinski definition) is 1. The smallest absolute Gasteiger partial charge is 0.0351 e. The van der Waals surface area contributed by atoms with Crippen LogP contribution in [-0.4, -0.2) is 14.2 Å². The van der Waals surface area contributed by atoms with Gasteiger partial charge in [0.15, 0.2) is 0 Å². The molecular weight excluding hydrogens is 80.0 g/mol. The topological polar surface area (TPSA) is 9.23 Å². The summed E-state index contributed by atoms with van der Waals surface area (Å²) in [4.78, 5) is 0. The number of ether oxygens (including phenoxy) is 1. The Morgan fingerprint density at radius 3 is 1.25 bits per heavy atom. The van der Waals surface area contributed by atoms with Crippen molar-refractivity contribution in [2.24, 2.45) is 0 Å². The minimum Gasteiger partial charge on any atom is -0.388 e. The van der Waals surface area contributed by atoms with Crippen LogP contribution in [0.1, 0.15) is 0 Å². The standard InChI is InChI=1S/C2H6O.Ar/c1-3-2;/h1-2H3;. The summed E-state index contributed by atoms with van der Waals surface area (Å²) >= 11 is 0. The second-order valence-electron chi connectivity index (χ2n) is 0.408. The Bertz CT molecular complexity index is 6.00. The van der Waals surface area contributed by atoms with E-state index in [4.69, 9.17) is 0 Å². The molecule has 0 aliphatic rings. The Labute approximate surface area is 56.3 Å². The summed E-state index contributed by atoms with van der Waals surface area (Å²) in [6, 6.07) is 0. The van der Waals surface area contributed by atoms with Crippen LogP contribution in [0.5, 0.6) is 0 Å². The molecule has 0 atom stereocenters. The van der Waals surface area contributed by atoms with E-state index in [9.17, 15) is 0 Å². The Balaban J connectivity index is 0. The molecule has 2 heteroatoms. The van der Waals surface area contributed by atoms with E-state index in [1.807, 2.05) is 0 Å². The van der Waals surface area contributed by atoms with Crippen molar-refractivity contribution in [1.29, 1.82) is 0 Å². The summed E-state index contributed by atoms with van der Waals surface area (Å²) in [6.45, 7) is 0. The Kier molecular flexibility index (Phi) is 19.9. The van der Waals surface area contributed by atoms with Gasteiger partial charge in [-0.05, 0) is 0 Å². The average Bonchev–Trinajstić information content (AvgIpc) is 0.918. The van der Waals surface area contributed by atoms with Gasteiger partial charge in [0.2, 0.25) is 0 Å². The van der Waals surface area contributed by atoms with Crippen LogP contribution >= 0.6 is 0 Å². The van der Waals surface area contributed by atoms with Gasteiger partial charge in [0, 0.05) is 52.0 Å². The average molecular weight is 86.0 g/mol. The van der Waals surface area contributed by atoms with Gasteiger partial charge in [0.1, 0.15) is 0 Å². The molecule has 0 fully saturated rings. The predicted molar refractivity (Wildman–Crippen MR) is 12.9 cm³/mol. The molecule has 0 aliphatic carbocycles. The summed E-state index contributed by atoms with van der Waals surface area (Å²) in [5.41, 5.74) is 0. The van der Waals surface area contributed by atoms with E-state index < -0.39 is 0 Å². The van der Waals surface area contributed by atoms with E-state index in [0.29, 0.717) is 0 Å². The quantitative estimate of drug-likeness (QED) is 0.411. The van der Waals surface area contributed by atoms with Gasteiger partial charge in [-0.1, -0.05) is 0 Å². The predicted octanol–water partition coefficient (Wildman–Crippen LogP) is 0.263. The van der Waals surface area contributed by atoms with Gasteiger partial charge in [-0.3, -0.25) is 0 Å². The molecule has 0 bridgehead atoms. The first-order chi connectivity index (χ1) is 1.41. The molecule has 0 unspecified atom stereocenters. The third kappa shape index (κ3) is 10.7. The molecule has 1 nitrogen and oxygen atoms in total. The van der Waals surface area contributed by atoms with E-state index in [2.05, 4.69) is 4.74 Å². The van der Waals surface area contributed by atoms with Crippen molar-refractivity contribution in [3.8, 4) is 0 Å². The minimum absolute atomic E-state index is 0. The number of methoxy groups -OCH3 is 1. The van der Waals surface area contributed by atoms with Gasteiger partial charge in [-0.15, -0.1) is 0 Å². The first-order valence-electron chi connectivity index (χ1n) is 0.816. The molecule has 0 saturated carbocycles. The molecule has 0 aromatic heterocycles. The zero-order chi connectivity index (χ0) is 2.71. The molecule has 0 aromatic carbocycles. The molecule has 0 aromatic rings. The van der Waals surface area contributed by atoms with Crippen LogP contribution in [0.25, 0.3) is 0 Å². The monoisotopic (exact) mass is 86.0 g/mol. The Hall–Kier alpha value is 1.22. The summed E-state index contributed by atoms with van der Waals surface area (Å²) in [6.07, 6.45) is 0. The summed E-state index contributed by atoms with van der Waals surface area (Å²) in [5, 5.41) is 0. The van der Waals surface area contributed by atoms with E-state index in [-0.39, 0.29) is 37.7 Å². The SMILES string of the molecule is COC.[Ar]. The van der Waals surface area contributed by atoms with Crippen LogP contribution in [0.3, 0.4) is 0 Å². The molecule has 0 rings (SSSR count). The van der Waals surface area contributed by atoms with Gasteiger partial charge in [0.05, 0.1) is 0 Å². The van der Waals surface area contributed by atoms with E-state index in [1.54, 1.807) is 14.2 Å². The van der Waals surface area contributed by atoms with E-state index in [0.717, 1.165) is 0 Å². The van der Waals surface area contributed by atoms with E-state index in [1.165, 1.54) is 0 Å². The van der Waals surface area contributed by atoms with Gasteiger partial charge in [-0.2, -0.15) is 0 Å². The third-order valence-corrected chi connectivity index (χ3v) is 0. The summed E-state index contributed by atoms with van der Waals surface area (Å²) in [5.74, 6) is 0. The van der Waals surface area contributed by atoms with Crippen molar-refractivity contribution in [3.05, 3.63) is 0 Å². The zero-order valence-electron chi connectivity index (χ0n) is 2.76. The van der Waals surface area contributed by atoms with E-state index >= 15 is 0 Å². The van der Waals surface area contributed by atoms with Crippen LogP contribution in [0.15, 0.2) is 0 Å². The fourth-order valence-electron chi connectivity index (χ4n) is 0. The second-order valence-corrected chi connectivity index (χ2v) is 0.408. The molecule has 0 spiro atoms. The van der Waals surface area contributed by atoms with Gasteiger partial charge >= 0.3 is 0 Å². The number of hydrogen-bond donors (Lipinski definition) is 0. The summed E-state index contributed by atoms with van der Waals surface area (Å²) < 4.78 is 4.25. The third-order valence-electron chi connectivity index (χ3n) is 0. The van der Waals surface area contributed by atoms with Crippen LogP contribution in [0.4, 0.5) is 0 Å². The van der Waals surface area contributed by atoms with Crippen LogP contribution in [-0.2, 0) is 4.74 Å². The molecule has 4 heavy (non-hydrogen) atoms. The molecule has 0 amide bonds. The van der Waals surface area contributed by atoms with Crippen LogP contribution in [0.2, 0.25) is 0 Å². The van der Waals surface area contributed by atoms with Crippen LogP contribution in [0, 0.1) is 37.7 Å². The van der Waals surface area contributed by atoms with Gasteiger partial charge < -0.3 is 4.74 Å². The van der Waals surface area contributed by atoms with Crippen molar-refractivity contribution < 1.29 is 42.5 Å². The zero-order valence-corrected chi connectivity index (χ0v) is 3.47. The summed E-state index contributed by atoms with van der Waals surface area (Å²) in [7, 11) is 3.25. The Morgan fingerprint density at radius 2 is 1.25 bits per heavy atom. The molecular formula is C2H6ArO. The second kappa shape index (κ2) is 8.88. The molecule has 0 saturated heterocycles. The fraction of sp³-hybridized carbons (Fsp3) is 1.00. The maximum atomic E-state index is 4.25. The maximum Gasteiger partial charge on any atom is 0.0351 e. The molecule has 0 N–H and O–H groups in total. The molecule has 0 heterocycles.